The van der Waals surface area contributed by atoms with Gasteiger partial charge in [0, 0.05) is 24.8 Å². The number of aliphatic hydroxyl groups is 1. The lowest BCUT2D eigenvalue weighted by Crippen LogP contribution is -2.22. The first-order valence-electron chi connectivity index (χ1n) is 5.99. The van der Waals surface area contributed by atoms with Gasteiger partial charge >= 0.3 is 0 Å². The molecule has 1 aromatic rings. The SMILES string of the molecule is CCC(CCO)CNCc1ccc(O)cc1O. The molecule has 0 aromatic heterocycles. The lowest BCUT2D eigenvalue weighted by molar-refractivity contribution is 0.251. The Morgan fingerprint density at radius 2 is 2.06 bits per heavy atom. The van der Waals surface area contributed by atoms with Crippen LogP contribution in [0.2, 0.25) is 0 Å². The Kier molecular flexibility index (Phi) is 5.80. The van der Waals surface area contributed by atoms with Gasteiger partial charge in [0.1, 0.15) is 11.5 Å². The summed E-state index contributed by atoms with van der Waals surface area (Å²) in [4.78, 5) is 0. The molecular formula is C13H21NO3. The third kappa shape index (κ3) is 4.63. The van der Waals surface area contributed by atoms with Crippen LogP contribution in [-0.2, 0) is 6.54 Å². The topological polar surface area (TPSA) is 72.7 Å². The number of nitrogens with one attached hydrogen (secondary N) is 1. The van der Waals surface area contributed by atoms with Crippen molar-refractivity contribution in [2.24, 2.45) is 5.92 Å². The number of phenolic OH excluding ortho intramolecular Hbond substituents is 2. The van der Waals surface area contributed by atoms with Crippen LogP contribution in [0, 0.1) is 5.92 Å². The molecule has 0 amide bonds. The zero-order valence-corrected chi connectivity index (χ0v) is 10.2. The summed E-state index contributed by atoms with van der Waals surface area (Å²) in [6.07, 6.45) is 1.82. The zero-order valence-electron chi connectivity index (χ0n) is 10.2. The number of hydrogen-bond donors (Lipinski definition) is 4. The third-order valence-electron chi connectivity index (χ3n) is 2.93. The quantitative estimate of drug-likeness (QED) is 0.583. The minimum absolute atomic E-state index is 0.0676. The summed E-state index contributed by atoms with van der Waals surface area (Å²) in [6.45, 7) is 3.69. The maximum absolute atomic E-state index is 9.58. The Morgan fingerprint density at radius 1 is 1.29 bits per heavy atom. The van der Waals surface area contributed by atoms with E-state index in [0.29, 0.717) is 12.5 Å². The van der Waals surface area contributed by atoms with E-state index in [4.69, 9.17) is 10.2 Å². The molecule has 4 heteroatoms. The average molecular weight is 239 g/mol. The van der Waals surface area contributed by atoms with Crippen molar-refractivity contribution in [2.45, 2.75) is 26.3 Å². The number of rotatable bonds is 7. The first-order valence-corrected chi connectivity index (χ1v) is 5.99. The fourth-order valence-corrected chi connectivity index (χ4v) is 1.75. The fourth-order valence-electron chi connectivity index (χ4n) is 1.75. The van der Waals surface area contributed by atoms with Crippen LogP contribution < -0.4 is 5.32 Å². The number of aliphatic hydroxyl groups excluding tert-OH is 1. The Morgan fingerprint density at radius 3 is 2.65 bits per heavy atom. The first-order chi connectivity index (χ1) is 8.17. The van der Waals surface area contributed by atoms with E-state index in [0.717, 1.165) is 24.9 Å². The van der Waals surface area contributed by atoms with E-state index in [1.165, 1.54) is 6.07 Å². The fraction of sp³-hybridized carbons (Fsp3) is 0.538. The highest BCUT2D eigenvalue weighted by atomic mass is 16.3. The van der Waals surface area contributed by atoms with Crippen molar-refractivity contribution in [3.8, 4) is 11.5 Å². The van der Waals surface area contributed by atoms with Crippen LogP contribution >= 0.6 is 0 Å². The second-order valence-electron chi connectivity index (χ2n) is 4.23. The van der Waals surface area contributed by atoms with Gasteiger partial charge in [-0.1, -0.05) is 19.4 Å². The lowest BCUT2D eigenvalue weighted by Gasteiger charge is -2.14. The van der Waals surface area contributed by atoms with Gasteiger partial charge in [-0.25, -0.2) is 0 Å². The molecule has 0 aliphatic carbocycles. The molecule has 1 atom stereocenters. The Balaban J connectivity index is 2.39. The van der Waals surface area contributed by atoms with Crippen molar-refractivity contribution in [3.63, 3.8) is 0 Å². The molecule has 0 spiro atoms. The van der Waals surface area contributed by atoms with E-state index in [1.54, 1.807) is 12.1 Å². The molecule has 1 aromatic carbocycles. The highest BCUT2D eigenvalue weighted by molar-refractivity contribution is 5.38. The van der Waals surface area contributed by atoms with Crippen LogP contribution in [0.25, 0.3) is 0 Å². The molecule has 0 heterocycles. The molecule has 0 saturated carbocycles. The van der Waals surface area contributed by atoms with E-state index in [9.17, 15) is 5.11 Å². The minimum atomic E-state index is 0.0676. The van der Waals surface area contributed by atoms with Gasteiger partial charge in [0.05, 0.1) is 0 Å². The van der Waals surface area contributed by atoms with Crippen LogP contribution in [0.4, 0.5) is 0 Å². The normalized spacial score (nSPS) is 12.6. The molecule has 0 aliphatic rings. The van der Waals surface area contributed by atoms with Gasteiger partial charge in [0.25, 0.3) is 0 Å². The van der Waals surface area contributed by atoms with Gasteiger partial charge in [-0.3, -0.25) is 0 Å². The van der Waals surface area contributed by atoms with Gasteiger partial charge in [0.15, 0.2) is 0 Å². The molecule has 4 N–H and O–H groups in total. The van der Waals surface area contributed by atoms with Crippen molar-refractivity contribution in [3.05, 3.63) is 23.8 Å². The van der Waals surface area contributed by atoms with E-state index in [1.807, 2.05) is 0 Å². The Bertz CT molecular complexity index is 341. The largest absolute Gasteiger partial charge is 0.508 e. The predicted molar refractivity (Wildman–Crippen MR) is 67.0 cm³/mol. The highest BCUT2D eigenvalue weighted by Crippen LogP contribution is 2.22. The average Bonchev–Trinajstić information content (AvgIpc) is 2.30. The smallest absolute Gasteiger partial charge is 0.123 e. The van der Waals surface area contributed by atoms with Crippen molar-refractivity contribution >= 4 is 0 Å². The highest BCUT2D eigenvalue weighted by Gasteiger charge is 2.06. The lowest BCUT2D eigenvalue weighted by atomic mass is 10.0. The number of hydrogen-bond acceptors (Lipinski definition) is 4. The van der Waals surface area contributed by atoms with E-state index in [2.05, 4.69) is 12.2 Å². The maximum Gasteiger partial charge on any atom is 0.123 e. The molecule has 0 fully saturated rings. The van der Waals surface area contributed by atoms with Gasteiger partial charge in [-0.2, -0.15) is 0 Å². The molecule has 0 radical (unpaired) electrons. The second kappa shape index (κ2) is 7.14. The van der Waals surface area contributed by atoms with E-state index in [-0.39, 0.29) is 18.1 Å². The predicted octanol–water partition coefficient (Wildman–Crippen LogP) is 1.60. The molecule has 96 valence electrons. The van der Waals surface area contributed by atoms with Crippen molar-refractivity contribution in [2.75, 3.05) is 13.2 Å². The van der Waals surface area contributed by atoms with Gasteiger partial charge in [-0.15, -0.1) is 0 Å². The monoisotopic (exact) mass is 239 g/mol. The summed E-state index contributed by atoms with van der Waals surface area (Å²) in [5.74, 6) is 0.630. The molecule has 17 heavy (non-hydrogen) atoms. The molecule has 0 aliphatic heterocycles. The van der Waals surface area contributed by atoms with Crippen LogP contribution in [0.1, 0.15) is 25.3 Å². The maximum atomic E-state index is 9.58. The summed E-state index contributed by atoms with van der Waals surface area (Å²) in [7, 11) is 0. The van der Waals surface area contributed by atoms with Crippen LogP contribution in [-0.4, -0.2) is 28.5 Å². The molecule has 0 bridgehead atoms. The van der Waals surface area contributed by atoms with Gasteiger partial charge in [0.2, 0.25) is 0 Å². The standard InChI is InChI=1S/C13H21NO3/c1-2-10(5-6-15)8-14-9-11-3-4-12(16)7-13(11)17/h3-4,7,10,14-17H,2,5-6,8-9H2,1H3. The molecule has 1 rings (SSSR count). The van der Waals surface area contributed by atoms with Crippen LogP contribution in [0.3, 0.4) is 0 Å². The zero-order chi connectivity index (χ0) is 12.7. The summed E-state index contributed by atoms with van der Waals surface area (Å²) in [5, 5.41) is 30.8. The second-order valence-corrected chi connectivity index (χ2v) is 4.23. The number of phenols is 2. The van der Waals surface area contributed by atoms with E-state index < -0.39 is 0 Å². The summed E-state index contributed by atoms with van der Waals surface area (Å²) in [5.41, 5.74) is 0.765. The van der Waals surface area contributed by atoms with Crippen molar-refractivity contribution < 1.29 is 15.3 Å². The number of aromatic hydroxyl groups is 2. The first kappa shape index (κ1) is 13.8. The molecular weight excluding hydrogens is 218 g/mol. The molecule has 1 unspecified atom stereocenters. The molecule has 0 saturated heterocycles. The van der Waals surface area contributed by atoms with Crippen molar-refractivity contribution in [1.29, 1.82) is 0 Å². The van der Waals surface area contributed by atoms with Gasteiger partial charge < -0.3 is 20.6 Å². The van der Waals surface area contributed by atoms with E-state index >= 15 is 0 Å². The summed E-state index contributed by atoms with van der Waals surface area (Å²) < 4.78 is 0. The van der Waals surface area contributed by atoms with Crippen molar-refractivity contribution in [1.82, 2.24) is 5.32 Å². The number of benzene rings is 1. The van der Waals surface area contributed by atoms with Crippen LogP contribution in [0.5, 0.6) is 11.5 Å². The van der Waals surface area contributed by atoms with Crippen LogP contribution in [0.15, 0.2) is 18.2 Å². The minimum Gasteiger partial charge on any atom is -0.508 e. The Hall–Kier alpha value is -1.26. The van der Waals surface area contributed by atoms with Gasteiger partial charge in [-0.05, 0) is 24.9 Å². The summed E-state index contributed by atoms with van der Waals surface area (Å²) in [6, 6.07) is 4.59. The third-order valence-corrected chi connectivity index (χ3v) is 2.93. The Labute approximate surface area is 102 Å². The molecule has 4 nitrogen and oxygen atoms in total. The summed E-state index contributed by atoms with van der Waals surface area (Å²) >= 11 is 0.